The Bertz CT molecular complexity index is 729. The van der Waals surface area contributed by atoms with E-state index in [1.165, 1.54) is 4.68 Å². The molecule has 0 fully saturated rings. The Hall–Kier alpha value is -2.60. The van der Waals surface area contributed by atoms with E-state index in [2.05, 4.69) is 15.5 Å². The fourth-order valence-corrected chi connectivity index (χ4v) is 1.83. The number of nitrogen functional groups attached to an aromatic ring is 1. The largest absolute Gasteiger partial charge is 0.421 e. The molecule has 0 unspecified atom stereocenters. The molecule has 0 bridgehead atoms. The maximum absolute atomic E-state index is 5.92. The zero-order valence-electron chi connectivity index (χ0n) is 10.3. The molecule has 20 heavy (non-hydrogen) atoms. The van der Waals surface area contributed by atoms with E-state index in [1.807, 2.05) is 30.3 Å². The summed E-state index contributed by atoms with van der Waals surface area (Å²) in [6, 6.07) is 14.6. The van der Waals surface area contributed by atoms with Gasteiger partial charge in [0.2, 0.25) is 0 Å². The molecule has 3 aromatic rings. The van der Waals surface area contributed by atoms with Crippen LogP contribution >= 0.6 is 11.6 Å². The normalized spacial score (nSPS) is 10.4. The summed E-state index contributed by atoms with van der Waals surface area (Å²) in [6.45, 7) is 0. The number of halogens is 1. The van der Waals surface area contributed by atoms with E-state index >= 15 is 0 Å². The lowest BCUT2D eigenvalue weighted by Crippen LogP contribution is -2.01. The predicted molar refractivity (Wildman–Crippen MR) is 75.1 cm³/mol. The molecule has 1 heterocycles. The van der Waals surface area contributed by atoms with Crippen molar-refractivity contribution in [3.63, 3.8) is 0 Å². The zero-order valence-corrected chi connectivity index (χ0v) is 11.0. The highest BCUT2D eigenvalue weighted by atomic mass is 35.5. The van der Waals surface area contributed by atoms with Gasteiger partial charge in [0, 0.05) is 11.1 Å². The van der Waals surface area contributed by atoms with Gasteiger partial charge < -0.3 is 10.5 Å². The summed E-state index contributed by atoms with van der Waals surface area (Å²) < 4.78 is 7.11. The summed E-state index contributed by atoms with van der Waals surface area (Å²) in [6.07, 6.45) is 0. The van der Waals surface area contributed by atoms with E-state index in [9.17, 15) is 0 Å². The van der Waals surface area contributed by atoms with Crippen molar-refractivity contribution < 1.29 is 4.74 Å². The minimum absolute atomic E-state index is 0.213. The number of hydrogen-bond acceptors (Lipinski definition) is 5. The van der Waals surface area contributed by atoms with Gasteiger partial charge >= 0.3 is 6.01 Å². The second-order valence-corrected chi connectivity index (χ2v) is 4.43. The molecule has 2 N–H and O–H groups in total. The molecule has 0 aliphatic heterocycles. The smallest absolute Gasteiger partial charge is 0.345 e. The maximum Gasteiger partial charge on any atom is 0.345 e. The first-order valence-electron chi connectivity index (χ1n) is 5.81. The Morgan fingerprint density at radius 3 is 2.70 bits per heavy atom. The summed E-state index contributed by atoms with van der Waals surface area (Å²) in [5.41, 5.74) is 7.07. The Balaban J connectivity index is 1.97. The SMILES string of the molecule is Nc1ccc(Cl)cc1Oc1nnnn1-c1ccccc1. The van der Waals surface area contributed by atoms with Gasteiger partial charge in [0.15, 0.2) is 5.75 Å². The number of ether oxygens (including phenoxy) is 1. The van der Waals surface area contributed by atoms with E-state index < -0.39 is 0 Å². The van der Waals surface area contributed by atoms with Gasteiger partial charge in [-0.1, -0.05) is 34.9 Å². The standard InChI is InChI=1S/C13H10ClN5O/c14-9-6-7-11(15)12(8-9)20-13-16-17-18-19(13)10-4-2-1-3-5-10/h1-8H,15H2. The van der Waals surface area contributed by atoms with Gasteiger partial charge in [-0.2, -0.15) is 4.68 Å². The van der Waals surface area contributed by atoms with Crippen molar-refractivity contribution in [2.45, 2.75) is 0 Å². The quantitative estimate of drug-likeness (QED) is 0.749. The molecule has 0 amide bonds. The van der Waals surface area contributed by atoms with E-state index in [4.69, 9.17) is 22.1 Å². The Labute approximate surface area is 119 Å². The number of aromatic nitrogens is 4. The summed E-state index contributed by atoms with van der Waals surface area (Å²) in [7, 11) is 0. The Morgan fingerprint density at radius 2 is 1.90 bits per heavy atom. The summed E-state index contributed by atoms with van der Waals surface area (Å²) in [5.74, 6) is 0.407. The average molecular weight is 288 g/mol. The average Bonchev–Trinajstić information content (AvgIpc) is 2.92. The highest BCUT2D eigenvalue weighted by molar-refractivity contribution is 6.30. The van der Waals surface area contributed by atoms with Gasteiger partial charge in [0.05, 0.1) is 11.4 Å². The van der Waals surface area contributed by atoms with Crippen LogP contribution in [0.1, 0.15) is 0 Å². The number of benzene rings is 2. The number of hydrogen-bond donors (Lipinski definition) is 1. The van der Waals surface area contributed by atoms with Crippen molar-refractivity contribution >= 4 is 17.3 Å². The summed E-state index contributed by atoms with van der Waals surface area (Å²) >= 11 is 5.92. The molecular weight excluding hydrogens is 278 g/mol. The molecule has 0 saturated carbocycles. The third-order valence-electron chi connectivity index (χ3n) is 2.62. The van der Waals surface area contributed by atoms with Crippen molar-refractivity contribution in [1.29, 1.82) is 0 Å². The van der Waals surface area contributed by atoms with Crippen molar-refractivity contribution in [2.75, 3.05) is 5.73 Å². The van der Waals surface area contributed by atoms with Gasteiger partial charge in [-0.15, -0.1) is 0 Å². The summed E-state index contributed by atoms with van der Waals surface area (Å²) in [4.78, 5) is 0. The van der Waals surface area contributed by atoms with Crippen molar-refractivity contribution in [3.8, 4) is 17.4 Å². The van der Waals surface area contributed by atoms with Crippen LogP contribution in [0, 0.1) is 0 Å². The van der Waals surface area contributed by atoms with Crippen LogP contribution in [0.3, 0.4) is 0 Å². The monoisotopic (exact) mass is 287 g/mol. The first-order chi connectivity index (χ1) is 9.74. The molecule has 2 aromatic carbocycles. The summed E-state index contributed by atoms with van der Waals surface area (Å²) in [5, 5.41) is 11.9. The molecule has 0 atom stereocenters. The highest BCUT2D eigenvalue weighted by Gasteiger charge is 2.12. The highest BCUT2D eigenvalue weighted by Crippen LogP contribution is 2.29. The zero-order chi connectivity index (χ0) is 13.9. The van der Waals surface area contributed by atoms with Crippen LogP contribution in [0.4, 0.5) is 5.69 Å². The van der Waals surface area contributed by atoms with E-state index in [1.54, 1.807) is 18.2 Å². The number of tetrazole rings is 1. The van der Waals surface area contributed by atoms with Crippen LogP contribution < -0.4 is 10.5 Å². The molecule has 0 radical (unpaired) electrons. The van der Waals surface area contributed by atoms with Crippen molar-refractivity contribution in [2.24, 2.45) is 0 Å². The maximum atomic E-state index is 5.92. The molecule has 0 aliphatic carbocycles. The van der Waals surface area contributed by atoms with Gasteiger partial charge in [-0.25, -0.2) is 0 Å². The number of nitrogens with two attached hydrogens (primary N) is 1. The molecule has 7 heteroatoms. The number of para-hydroxylation sites is 1. The fourth-order valence-electron chi connectivity index (χ4n) is 1.67. The second kappa shape index (κ2) is 5.18. The van der Waals surface area contributed by atoms with Crippen LogP contribution in [0.25, 0.3) is 5.69 Å². The first-order valence-corrected chi connectivity index (χ1v) is 6.18. The lowest BCUT2D eigenvalue weighted by atomic mass is 10.3. The van der Waals surface area contributed by atoms with E-state index in [-0.39, 0.29) is 6.01 Å². The van der Waals surface area contributed by atoms with Crippen LogP contribution in [-0.4, -0.2) is 20.2 Å². The molecular formula is C13H10ClN5O. The minimum atomic E-state index is 0.213. The molecule has 6 nitrogen and oxygen atoms in total. The van der Waals surface area contributed by atoms with Crippen LogP contribution in [0.5, 0.6) is 11.8 Å². The third kappa shape index (κ3) is 2.41. The topological polar surface area (TPSA) is 78.8 Å². The Morgan fingerprint density at radius 1 is 1.10 bits per heavy atom. The van der Waals surface area contributed by atoms with Crippen LogP contribution in [-0.2, 0) is 0 Å². The molecule has 0 spiro atoms. The van der Waals surface area contributed by atoms with E-state index in [0.29, 0.717) is 16.5 Å². The fraction of sp³-hybridized carbons (Fsp3) is 0. The van der Waals surface area contributed by atoms with Crippen molar-refractivity contribution in [3.05, 3.63) is 53.6 Å². The molecule has 1 aromatic heterocycles. The second-order valence-electron chi connectivity index (χ2n) is 3.99. The van der Waals surface area contributed by atoms with Crippen LogP contribution in [0.2, 0.25) is 5.02 Å². The van der Waals surface area contributed by atoms with Gasteiger partial charge in [-0.3, -0.25) is 0 Å². The van der Waals surface area contributed by atoms with Gasteiger partial charge in [0.25, 0.3) is 0 Å². The molecule has 0 aliphatic rings. The molecule has 0 saturated heterocycles. The lowest BCUT2D eigenvalue weighted by molar-refractivity contribution is 0.429. The van der Waals surface area contributed by atoms with E-state index in [0.717, 1.165) is 5.69 Å². The Kier molecular flexibility index (Phi) is 3.22. The van der Waals surface area contributed by atoms with Gasteiger partial charge in [-0.05, 0) is 34.7 Å². The first kappa shape index (κ1) is 12.4. The predicted octanol–water partition coefficient (Wildman–Crippen LogP) is 2.69. The van der Waals surface area contributed by atoms with Crippen LogP contribution in [0.15, 0.2) is 48.5 Å². The number of anilines is 1. The molecule has 3 rings (SSSR count). The minimum Gasteiger partial charge on any atom is -0.421 e. The third-order valence-corrected chi connectivity index (χ3v) is 2.85. The number of nitrogens with zero attached hydrogens (tertiary/aromatic N) is 4. The lowest BCUT2D eigenvalue weighted by Gasteiger charge is -2.08. The molecule has 100 valence electrons. The number of rotatable bonds is 3. The van der Waals surface area contributed by atoms with Gasteiger partial charge in [0.1, 0.15) is 0 Å². The van der Waals surface area contributed by atoms with Crippen molar-refractivity contribution in [1.82, 2.24) is 20.2 Å².